The van der Waals surface area contributed by atoms with Crippen LogP contribution in [-0.2, 0) is 16.1 Å². The molecule has 0 aliphatic heterocycles. The second-order valence-corrected chi connectivity index (χ2v) is 6.35. The first-order chi connectivity index (χ1) is 12.1. The zero-order valence-corrected chi connectivity index (χ0v) is 14.5. The van der Waals surface area contributed by atoms with Crippen molar-refractivity contribution in [2.45, 2.75) is 13.0 Å². The summed E-state index contributed by atoms with van der Waals surface area (Å²) in [6, 6.07) is 14.5. The summed E-state index contributed by atoms with van der Waals surface area (Å²) in [7, 11) is 1.55. The van der Waals surface area contributed by atoms with Gasteiger partial charge in [-0.2, -0.15) is 0 Å². The molecule has 1 fully saturated rings. The van der Waals surface area contributed by atoms with Gasteiger partial charge >= 0.3 is 0 Å². The molecule has 2 atom stereocenters. The molecule has 2 aromatic rings. The first-order valence-electron chi connectivity index (χ1n) is 8.05. The Morgan fingerprint density at radius 1 is 1.08 bits per heavy atom. The number of carbonyl (C=O) groups excluding carboxylic acids is 2. The molecule has 2 N–H and O–H groups in total. The second kappa shape index (κ2) is 7.57. The van der Waals surface area contributed by atoms with Crippen molar-refractivity contribution < 1.29 is 14.3 Å². The third-order valence-electron chi connectivity index (χ3n) is 4.24. The van der Waals surface area contributed by atoms with Gasteiger partial charge in [0.05, 0.1) is 24.6 Å². The maximum Gasteiger partial charge on any atom is 0.228 e. The molecule has 0 bridgehead atoms. The molecule has 2 amide bonds. The van der Waals surface area contributed by atoms with Crippen LogP contribution in [0.25, 0.3) is 0 Å². The van der Waals surface area contributed by atoms with Gasteiger partial charge < -0.3 is 15.4 Å². The van der Waals surface area contributed by atoms with Crippen molar-refractivity contribution in [2.75, 3.05) is 12.4 Å². The molecule has 25 heavy (non-hydrogen) atoms. The van der Waals surface area contributed by atoms with Crippen molar-refractivity contribution in [3.05, 3.63) is 59.1 Å². The largest absolute Gasteiger partial charge is 0.495 e. The van der Waals surface area contributed by atoms with E-state index in [9.17, 15) is 9.59 Å². The van der Waals surface area contributed by atoms with Crippen molar-refractivity contribution >= 4 is 29.1 Å². The number of rotatable bonds is 6. The summed E-state index contributed by atoms with van der Waals surface area (Å²) in [6.07, 6.45) is 0.551. The fourth-order valence-electron chi connectivity index (χ4n) is 2.70. The van der Waals surface area contributed by atoms with Crippen molar-refractivity contribution in [3.8, 4) is 5.75 Å². The van der Waals surface area contributed by atoms with E-state index in [1.807, 2.05) is 30.3 Å². The number of anilines is 1. The minimum atomic E-state index is -0.309. The van der Waals surface area contributed by atoms with Gasteiger partial charge in [-0.1, -0.05) is 41.9 Å². The molecule has 1 saturated carbocycles. The lowest BCUT2D eigenvalue weighted by Gasteiger charge is -2.10. The number of benzene rings is 2. The standard InChI is InChI=1S/C19H19ClN2O3/c1-25-17-9-5-4-8-16(17)22-19(24)14-10-13(14)18(23)21-11-12-6-2-3-7-15(12)20/h2-9,13-14H,10-11H2,1H3,(H,21,23)(H,22,24). The monoisotopic (exact) mass is 358 g/mol. The van der Waals surface area contributed by atoms with E-state index >= 15 is 0 Å². The zero-order chi connectivity index (χ0) is 17.8. The van der Waals surface area contributed by atoms with Gasteiger partial charge in [0.2, 0.25) is 11.8 Å². The zero-order valence-electron chi connectivity index (χ0n) is 13.8. The Bertz CT molecular complexity index is 794. The van der Waals surface area contributed by atoms with Gasteiger partial charge in [-0.3, -0.25) is 9.59 Å². The number of nitrogens with one attached hydrogen (secondary N) is 2. The number of hydrogen-bond acceptors (Lipinski definition) is 3. The van der Waals surface area contributed by atoms with Crippen LogP contribution >= 0.6 is 11.6 Å². The van der Waals surface area contributed by atoms with E-state index in [2.05, 4.69) is 10.6 Å². The summed E-state index contributed by atoms with van der Waals surface area (Å²) < 4.78 is 5.21. The van der Waals surface area contributed by atoms with Crippen LogP contribution in [-0.4, -0.2) is 18.9 Å². The molecule has 2 unspecified atom stereocenters. The van der Waals surface area contributed by atoms with E-state index in [0.717, 1.165) is 5.56 Å². The molecule has 0 saturated heterocycles. The lowest BCUT2D eigenvalue weighted by molar-refractivity contribution is -0.125. The van der Waals surface area contributed by atoms with Crippen molar-refractivity contribution in [1.29, 1.82) is 0 Å². The smallest absolute Gasteiger partial charge is 0.228 e. The van der Waals surface area contributed by atoms with E-state index in [-0.39, 0.29) is 23.7 Å². The second-order valence-electron chi connectivity index (χ2n) is 5.95. The quantitative estimate of drug-likeness (QED) is 0.833. The molecule has 3 rings (SSSR count). The number of hydrogen-bond donors (Lipinski definition) is 2. The highest BCUT2D eigenvalue weighted by Gasteiger charge is 2.48. The topological polar surface area (TPSA) is 67.4 Å². The predicted molar refractivity (Wildman–Crippen MR) is 96.5 cm³/mol. The maximum atomic E-state index is 12.3. The van der Waals surface area contributed by atoms with Crippen LogP contribution in [0.15, 0.2) is 48.5 Å². The molecule has 6 heteroatoms. The third kappa shape index (κ3) is 4.12. The molecule has 0 radical (unpaired) electrons. The van der Waals surface area contributed by atoms with Gasteiger partial charge in [0.25, 0.3) is 0 Å². The summed E-state index contributed by atoms with van der Waals surface area (Å²) in [5.41, 5.74) is 1.46. The van der Waals surface area contributed by atoms with E-state index in [1.54, 1.807) is 25.3 Å². The molecule has 0 heterocycles. The highest BCUT2D eigenvalue weighted by molar-refractivity contribution is 6.31. The van der Waals surface area contributed by atoms with Crippen LogP contribution in [0.3, 0.4) is 0 Å². The van der Waals surface area contributed by atoms with Crippen LogP contribution in [0.2, 0.25) is 5.02 Å². The van der Waals surface area contributed by atoms with Gasteiger partial charge in [0.15, 0.2) is 0 Å². The van der Waals surface area contributed by atoms with Crippen LogP contribution in [0.4, 0.5) is 5.69 Å². The molecule has 0 aromatic heterocycles. The lowest BCUT2D eigenvalue weighted by atomic mass is 10.2. The van der Waals surface area contributed by atoms with Gasteiger partial charge in [0, 0.05) is 11.6 Å². The molecule has 1 aliphatic rings. The number of halogens is 1. The Hall–Kier alpha value is -2.53. The minimum absolute atomic E-state index is 0.125. The Morgan fingerprint density at radius 2 is 1.76 bits per heavy atom. The molecule has 5 nitrogen and oxygen atoms in total. The number of carbonyl (C=O) groups is 2. The van der Waals surface area contributed by atoms with E-state index in [1.165, 1.54) is 0 Å². The van der Waals surface area contributed by atoms with E-state index in [0.29, 0.717) is 29.4 Å². The van der Waals surface area contributed by atoms with Crippen molar-refractivity contribution in [1.82, 2.24) is 5.32 Å². The van der Waals surface area contributed by atoms with E-state index < -0.39 is 0 Å². The Kier molecular flexibility index (Phi) is 5.24. The Labute approximate surface area is 151 Å². The fraction of sp³-hybridized carbons (Fsp3) is 0.263. The molecular formula is C19H19ClN2O3. The lowest BCUT2D eigenvalue weighted by Crippen LogP contribution is -2.27. The Morgan fingerprint density at radius 3 is 2.52 bits per heavy atom. The number of ether oxygens (including phenoxy) is 1. The molecule has 0 spiro atoms. The molecule has 130 valence electrons. The summed E-state index contributed by atoms with van der Waals surface area (Å²) in [5.74, 6) is -0.299. The average molecular weight is 359 g/mol. The third-order valence-corrected chi connectivity index (χ3v) is 4.61. The van der Waals surface area contributed by atoms with Gasteiger partial charge in [0.1, 0.15) is 5.75 Å². The molecular weight excluding hydrogens is 340 g/mol. The summed E-state index contributed by atoms with van der Waals surface area (Å²) in [4.78, 5) is 24.5. The van der Waals surface area contributed by atoms with Gasteiger partial charge in [-0.25, -0.2) is 0 Å². The fourth-order valence-corrected chi connectivity index (χ4v) is 2.91. The van der Waals surface area contributed by atoms with Crippen LogP contribution < -0.4 is 15.4 Å². The Balaban J connectivity index is 1.52. The summed E-state index contributed by atoms with van der Waals surface area (Å²) >= 11 is 6.07. The van der Waals surface area contributed by atoms with Gasteiger partial charge in [-0.15, -0.1) is 0 Å². The van der Waals surface area contributed by atoms with Gasteiger partial charge in [-0.05, 0) is 30.2 Å². The first kappa shape index (κ1) is 17.3. The predicted octanol–water partition coefficient (Wildman–Crippen LogP) is 3.24. The summed E-state index contributed by atoms with van der Waals surface area (Å²) in [5, 5.41) is 6.29. The molecule has 2 aromatic carbocycles. The highest BCUT2D eigenvalue weighted by Crippen LogP contribution is 2.40. The average Bonchev–Trinajstić information content (AvgIpc) is 3.42. The normalized spacial score (nSPS) is 18.3. The first-order valence-corrected chi connectivity index (χ1v) is 8.43. The van der Waals surface area contributed by atoms with Crippen LogP contribution in [0.5, 0.6) is 5.75 Å². The highest BCUT2D eigenvalue weighted by atomic mass is 35.5. The maximum absolute atomic E-state index is 12.3. The van der Waals surface area contributed by atoms with Crippen LogP contribution in [0.1, 0.15) is 12.0 Å². The van der Waals surface area contributed by atoms with E-state index in [4.69, 9.17) is 16.3 Å². The minimum Gasteiger partial charge on any atom is -0.495 e. The number of para-hydroxylation sites is 2. The molecule has 1 aliphatic carbocycles. The summed E-state index contributed by atoms with van der Waals surface area (Å²) in [6.45, 7) is 0.357. The van der Waals surface area contributed by atoms with Crippen LogP contribution in [0, 0.1) is 11.8 Å². The van der Waals surface area contributed by atoms with Crippen molar-refractivity contribution in [2.24, 2.45) is 11.8 Å². The van der Waals surface area contributed by atoms with Crippen molar-refractivity contribution in [3.63, 3.8) is 0 Å². The number of amides is 2. The number of methoxy groups -OCH3 is 1. The SMILES string of the molecule is COc1ccccc1NC(=O)C1CC1C(=O)NCc1ccccc1Cl.